The van der Waals surface area contributed by atoms with Crippen LogP contribution in [0.4, 0.5) is 8.78 Å². The lowest BCUT2D eigenvalue weighted by molar-refractivity contribution is 0.461. The number of benzene rings is 2. The first-order valence-electron chi connectivity index (χ1n) is 5.96. The van der Waals surface area contributed by atoms with Crippen LogP contribution in [0.5, 0.6) is 11.5 Å². The van der Waals surface area contributed by atoms with Gasteiger partial charge in [-0.2, -0.15) is 0 Å². The van der Waals surface area contributed by atoms with E-state index in [1.807, 2.05) is 6.92 Å². The van der Waals surface area contributed by atoms with Gasteiger partial charge in [-0.3, -0.25) is 0 Å². The highest BCUT2D eigenvalue weighted by Gasteiger charge is 2.12. The van der Waals surface area contributed by atoms with Crippen LogP contribution < -0.4 is 10.5 Å². The van der Waals surface area contributed by atoms with Crippen molar-refractivity contribution in [1.29, 1.82) is 0 Å². The second-order valence-corrected chi connectivity index (χ2v) is 4.48. The van der Waals surface area contributed by atoms with Gasteiger partial charge in [0.2, 0.25) is 0 Å². The molecular formula is C15H15F2NO. The van der Waals surface area contributed by atoms with E-state index in [4.69, 9.17) is 10.5 Å². The highest BCUT2D eigenvalue weighted by atomic mass is 19.1. The summed E-state index contributed by atoms with van der Waals surface area (Å²) in [6.45, 7) is 3.55. The first-order chi connectivity index (χ1) is 8.97. The molecule has 1 unspecified atom stereocenters. The van der Waals surface area contributed by atoms with Crippen molar-refractivity contribution in [2.45, 2.75) is 19.9 Å². The van der Waals surface area contributed by atoms with E-state index in [9.17, 15) is 8.78 Å². The van der Waals surface area contributed by atoms with Crippen LogP contribution in [0, 0.1) is 18.6 Å². The number of hydrogen-bond donors (Lipinski definition) is 1. The Morgan fingerprint density at radius 3 is 2.32 bits per heavy atom. The molecule has 0 aromatic heterocycles. The number of aryl methyl sites for hydroxylation is 1. The van der Waals surface area contributed by atoms with Gasteiger partial charge in [0.15, 0.2) is 0 Å². The Labute approximate surface area is 110 Å². The molecule has 2 aromatic rings. The van der Waals surface area contributed by atoms with Crippen molar-refractivity contribution in [3.05, 3.63) is 59.2 Å². The molecule has 2 rings (SSSR count). The molecule has 0 saturated heterocycles. The van der Waals surface area contributed by atoms with Crippen molar-refractivity contribution in [1.82, 2.24) is 0 Å². The third kappa shape index (κ3) is 3.09. The van der Waals surface area contributed by atoms with Crippen molar-refractivity contribution < 1.29 is 13.5 Å². The molecule has 19 heavy (non-hydrogen) atoms. The zero-order valence-corrected chi connectivity index (χ0v) is 10.8. The molecule has 0 aliphatic carbocycles. The van der Waals surface area contributed by atoms with E-state index in [0.29, 0.717) is 17.1 Å². The molecule has 0 spiro atoms. The molecule has 2 N–H and O–H groups in total. The Kier molecular flexibility index (Phi) is 3.81. The van der Waals surface area contributed by atoms with E-state index in [0.717, 1.165) is 5.56 Å². The highest BCUT2D eigenvalue weighted by Crippen LogP contribution is 2.31. The van der Waals surface area contributed by atoms with Gasteiger partial charge in [-0.15, -0.1) is 0 Å². The van der Waals surface area contributed by atoms with Crippen molar-refractivity contribution in [3.8, 4) is 11.5 Å². The van der Waals surface area contributed by atoms with Gasteiger partial charge >= 0.3 is 0 Å². The SMILES string of the molecule is Cc1ccc(F)cc1Oc1ccc(F)cc1C(C)N. The second-order valence-electron chi connectivity index (χ2n) is 4.48. The van der Waals surface area contributed by atoms with Gasteiger partial charge in [0.1, 0.15) is 23.1 Å². The minimum absolute atomic E-state index is 0.375. The molecule has 0 aliphatic heterocycles. The molecule has 0 aliphatic rings. The van der Waals surface area contributed by atoms with Crippen LogP contribution in [-0.4, -0.2) is 0 Å². The first-order valence-corrected chi connectivity index (χ1v) is 5.96. The summed E-state index contributed by atoms with van der Waals surface area (Å²) in [7, 11) is 0. The van der Waals surface area contributed by atoms with Gasteiger partial charge in [-0.05, 0) is 43.7 Å². The van der Waals surface area contributed by atoms with Gasteiger partial charge in [-0.1, -0.05) is 6.07 Å². The molecule has 0 bridgehead atoms. The predicted octanol–water partition coefficient (Wildman–Crippen LogP) is 4.09. The summed E-state index contributed by atoms with van der Waals surface area (Å²) in [6, 6.07) is 8.02. The quantitative estimate of drug-likeness (QED) is 0.905. The average molecular weight is 263 g/mol. The predicted molar refractivity (Wildman–Crippen MR) is 70.2 cm³/mol. The van der Waals surface area contributed by atoms with Crippen LogP contribution in [0.2, 0.25) is 0 Å². The smallest absolute Gasteiger partial charge is 0.133 e. The third-order valence-electron chi connectivity index (χ3n) is 2.83. The summed E-state index contributed by atoms with van der Waals surface area (Å²) in [6.07, 6.45) is 0. The molecule has 100 valence electrons. The van der Waals surface area contributed by atoms with E-state index >= 15 is 0 Å². The number of halogens is 2. The van der Waals surface area contributed by atoms with Crippen molar-refractivity contribution in [3.63, 3.8) is 0 Å². The Morgan fingerprint density at radius 1 is 1.00 bits per heavy atom. The van der Waals surface area contributed by atoms with Crippen LogP contribution >= 0.6 is 0 Å². The lowest BCUT2D eigenvalue weighted by atomic mass is 10.1. The number of rotatable bonds is 3. The first kappa shape index (κ1) is 13.5. The minimum Gasteiger partial charge on any atom is -0.457 e. The van der Waals surface area contributed by atoms with E-state index in [1.54, 1.807) is 13.0 Å². The summed E-state index contributed by atoms with van der Waals surface area (Å²) >= 11 is 0. The number of nitrogens with two attached hydrogens (primary N) is 1. The Bertz CT molecular complexity index is 597. The van der Waals surface area contributed by atoms with Crippen LogP contribution in [0.1, 0.15) is 24.1 Å². The van der Waals surface area contributed by atoms with Crippen LogP contribution in [-0.2, 0) is 0 Å². The Balaban J connectivity index is 2.40. The molecule has 0 amide bonds. The molecule has 4 heteroatoms. The van der Waals surface area contributed by atoms with Gasteiger partial charge in [0.25, 0.3) is 0 Å². The number of ether oxygens (including phenoxy) is 1. The lowest BCUT2D eigenvalue weighted by Crippen LogP contribution is -2.07. The molecule has 2 aromatic carbocycles. The van der Waals surface area contributed by atoms with Crippen molar-refractivity contribution >= 4 is 0 Å². The molecule has 0 saturated carbocycles. The normalized spacial score (nSPS) is 12.3. The maximum Gasteiger partial charge on any atom is 0.133 e. The fourth-order valence-corrected chi connectivity index (χ4v) is 1.77. The highest BCUT2D eigenvalue weighted by molar-refractivity contribution is 5.42. The van der Waals surface area contributed by atoms with E-state index in [1.165, 1.54) is 30.3 Å². The Hall–Kier alpha value is -1.94. The summed E-state index contributed by atoms with van der Waals surface area (Å²) in [5.74, 6) is 0.0688. The molecule has 2 nitrogen and oxygen atoms in total. The van der Waals surface area contributed by atoms with Gasteiger partial charge in [-0.25, -0.2) is 8.78 Å². The van der Waals surface area contributed by atoms with Crippen LogP contribution in [0.25, 0.3) is 0 Å². The van der Waals surface area contributed by atoms with Crippen LogP contribution in [0.3, 0.4) is 0 Å². The minimum atomic E-state index is -0.384. The zero-order valence-electron chi connectivity index (χ0n) is 10.8. The monoisotopic (exact) mass is 263 g/mol. The lowest BCUT2D eigenvalue weighted by Gasteiger charge is -2.15. The second kappa shape index (κ2) is 5.36. The van der Waals surface area contributed by atoms with Gasteiger partial charge < -0.3 is 10.5 Å². The molecular weight excluding hydrogens is 248 g/mol. The molecule has 1 atom stereocenters. The maximum absolute atomic E-state index is 13.2. The fourth-order valence-electron chi connectivity index (χ4n) is 1.77. The Morgan fingerprint density at radius 2 is 1.63 bits per heavy atom. The summed E-state index contributed by atoms with van der Waals surface area (Å²) in [5.41, 5.74) is 7.12. The van der Waals surface area contributed by atoms with E-state index in [-0.39, 0.29) is 17.7 Å². The van der Waals surface area contributed by atoms with Gasteiger partial charge in [0.05, 0.1) is 0 Å². The maximum atomic E-state index is 13.2. The number of hydrogen-bond acceptors (Lipinski definition) is 2. The average Bonchev–Trinajstić information content (AvgIpc) is 2.35. The van der Waals surface area contributed by atoms with Gasteiger partial charge in [0, 0.05) is 17.7 Å². The van der Waals surface area contributed by atoms with Crippen molar-refractivity contribution in [2.24, 2.45) is 5.73 Å². The zero-order chi connectivity index (χ0) is 14.0. The largest absolute Gasteiger partial charge is 0.457 e. The fraction of sp³-hybridized carbons (Fsp3) is 0.200. The van der Waals surface area contributed by atoms with E-state index in [2.05, 4.69) is 0 Å². The van der Waals surface area contributed by atoms with E-state index < -0.39 is 0 Å². The molecule has 0 fully saturated rings. The summed E-state index contributed by atoms with van der Waals surface area (Å²) in [5, 5.41) is 0. The molecule has 0 radical (unpaired) electrons. The third-order valence-corrected chi connectivity index (χ3v) is 2.83. The summed E-state index contributed by atoms with van der Waals surface area (Å²) in [4.78, 5) is 0. The summed E-state index contributed by atoms with van der Waals surface area (Å²) < 4.78 is 32.1. The van der Waals surface area contributed by atoms with Crippen molar-refractivity contribution in [2.75, 3.05) is 0 Å². The molecule has 0 heterocycles. The standard InChI is InChI=1S/C15H15F2NO/c1-9-3-4-12(17)8-15(9)19-14-6-5-11(16)7-13(14)10(2)18/h3-8,10H,18H2,1-2H3. The van der Waals surface area contributed by atoms with Crippen LogP contribution in [0.15, 0.2) is 36.4 Å². The topological polar surface area (TPSA) is 35.2 Å².